The van der Waals surface area contributed by atoms with Crippen LogP contribution in [0.5, 0.6) is 0 Å². The standard InChI is InChI=1S/C17H28O2/c1-5-15(3)13(2)8-10-16(4)14(15)7-6-9-17(16)18-11-12-19-17/h5,13-14H,1,6-12H2,2-4H3/t13-,14-,15+,16+/m1/s1. The predicted molar refractivity (Wildman–Crippen MR) is 76.8 cm³/mol. The average molecular weight is 264 g/mol. The minimum atomic E-state index is -0.305. The van der Waals surface area contributed by atoms with Crippen LogP contribution in [0.3, 0.4) is 0 Å². The first-order valence-corrected chi connectivity index (χ1v) is 7.90. The third-order valence-corrected chi connectivity index (χ3v) is 6.74. The fourth-order valence-electron chi connectivity index (χ4n) is 5.21. The Bertz CT molecular complexity index is 371. The van der Waals surface area contributed by atoms with Gasteiger partial charge in [-0.05, 0) is 42.9 Å². The summed E-state index contributed by atoms with van der Waals surface area (Å²) in [7, 11) is 0. The van der Waals surface area contributed by atoms with E-state index in [0.29, 0.717) is 11.8 Å². The molecule has 0 N–H and O–H groups in total. The average Bonchev–Trinajstić information content (AvgIpc) is 2.87. The summed E-state index contributed by atoms with van der Waals surface area (Å²) in [5, 5.41) is 0. The zero-order chi connectivity index (χ0) is 13.7. The molecule has 3 rings (SSSR count). The van der Waals surface area contributed by atoms with Crippen LogP contribution in [0, 0.1) is 22.7 Å². The number of hydrogen-bond acceptors (Lipinski definition) is 2. The minimum absolute atomic E-state index is 0.150. The Kier molecular flexibility index (Phi) is 3.10. The van der Waals surface area contributed by atoms with Gasteiger partial charge >= 0.3 is 0 Å². The molecule has 1 aliphatic heterocycles. The summed E-state index contributed by atoms with van der Waals surface area (Å²) in [6.45, 7) is 12.9. The van der Waals surface area contributed by atoms with E-state index >= 15 is 0 Å². The lowest BCUT2D eigenvalue weighted by Crippen LogP contribution is -2.61. The van der Waals surface area contributed by atoms with Crippen LogP contribution in [0.15, 0.2) is 12.7 Å². The minimum Gasteiger partial charge on any atom is -0.347 e. The molecule has 0 aromatic heterocycles. The molecule has 0 radical (unpaired) electrons. The van der Waals surface area contributed by atoms with Crippen LogP contribution in [0.2, 0.25) is 0 Å². The van der Waals surface area contributed by atoms with Gasteiger partial charge < -0.3 is 9.47 Å². The van der Waals surface area contributed by atoms with Gasteiger partial charge in [-0.1, -0.05) is 26.8 Å². The lowest BCUT2D eigenvalue weighted by atomic mass is 9.46. The van der Waals surface area contributed by atoms with Crippen LogP contribution in [-0.2, 0) is 9.47 Å². The van der Waals surface area contributed by atoms with Gasteiger partial charge in [-0.3, -0.25) is 0 Å². The second-order valence-corrected chi connectivity index (χ2v) is 7.32. The third kappa shape index (κ3) is 1.62. The maximum absolute atomic E-state index is 6.17. The van der Waals surface area contributed by atoms with E-state index in [4.69, 9.17) is 9.47 Å². The molecule has 2 saturated carbocycles. The Hall–Kier alpha value is -0.340. The summed E-state index contributed by atoms with van der Waals surface area (Å²) in [5.41, 5.74) is 0.368. The van der Waals surface area contributed by atoms with Crippen LogP contribution >= 0.6 is 0 Å². The number of hydrogen-bond donors (Lipinski definition) is 0. The molecule has 19 heavy (non-hydrogen) atoms. The van der Waals surface area contributed by atoms with Gasteiger partial charge in [-0.15, -0.1) is 6.58 Å². The first-order valence-electron chi connectivity index (χ1n) is 7.90. The lowest BCUT2D eigenvalue weighted by molar-refractivity contribution is -0.292. The molecule has 1 spiro atoms. The predicted octanol–water partition coefficient (Wildman–Crippen LogP) is 4.16. The zero-order valence-electron chi connectivity index (χ0n) is 12.7. The normalized spacial score (nSPS) is 49.0. The molecule has 0 bridgehead atoms. The molecule has 2 aliphatic carbocycles. The smallest absolute Gasteiger partial charge is 0.174 e. The van der Waals surface area contributed by atoms with E-state index < -0.39 is 0 Å². The van der Waals surface area contributed by atoms with Gasteiger partial charge in [0.15, 0.2) is 5.79 Å². The summed E-state index contributed by atoms with van der Waals surface area (Å²) in [4.78, 5) is 0. The maximum Gasteiger partial charge on any atom is 0.174 e. The zero-order valence-corrected chi connectivity index (χ0v) is 12.7. The van der Waals surface area contributed by atoms with Crippen LogP contribution in [-0.4, -0.2) is 19.0 Å². The number of fused-ring (bicyclic) bond motifs is 2. The van der Waals surface area contributed by atoms with Gasteiger partial charge in [0.25, 0.3) is 0 Å². The molecule has 0 unspecified atom stereocenters. The monoisotopic (exact) mass is 264 g/mol. The quantitative estimate of drug-likeness (QED) is 0.662. The van der Waals surface area contributed by atoms with Crippen molar-refractivity contribution < 1.29 is 9.47 Å². The first kappa shape index (κ1) is 13.6. The summed E-state index contributed by atoms with van der Waals surface area (Å²) < 4.78 is 12.3. The molecule has 0 amide bonds. The summed E-state index contributed by atoms with van der Waals surface area (Å²) in [6.07, 6.45) is 8.27. The number of ether oxygens (including phenoxy) is 2. The second kappa shape index (κ2) is 4.33. The van der Waals surface area contributed by atoms with E-state index in [1.165, 1.54) is 25.7 Å². The van der Waals surface area contributed by atoms with E-state index in [-0.39, 0.29) is 16.6 Å². The maximum atomic E-state index is 6.17. The Morgan fingerprint density at radius 2 is 1.79 bits per heavy atom. The lowest BCUT2D eigenvalue weighted by Gasteiger charge is -2.62. The largest absolute Gasteiger partial charge is 0.347 e. The van der Waals surface area contributed by atoms with Crippen molar-refractivity contribution in [3.05, 3.63) is 12.7 Å². The Balaban J connectivity index is 2.03. The number of rotatable bonds is 1. The van der Waals surface area contributed by atoms with Crippen molar-refractivity contribution >= 4 is 0 Å². The molecule has 0 aromatic carbocycles. The van der Waals surface area contributed by atoms with Crippen LogP contribution in [0.4, 0.5) is 0 Å². The summed E-state index contributed by atoms with van der Waals surface area (Å²) >= 11 is 0. The molecule has 2 nitrogen and oxygen atoms in total. The molecule has 3 aliphatic rings. The van der Waals surface area contributed by atoms with Gasteiger partial charge in [0, 0.05) is 11.8 Å². The van der Waals surface area contributed by atoms with Crippen molar-refractivity contribution in [2.45, 2.75) is 58.7 Å². The van der Waals surface area contributed by atoms with Gasteiger partial charge in [0.2, 0.25) is 0 Å². The molecule has 1 heterocycles. The van der Waals surface area contributed by atoms with E-state index in [9.17, 15) is 0 Å². The Labute approximate surface area is 117 Å². The fraction of sp³-hybridized carbons (Fsp3) is 0.882. The molecular formula is C17H28O2. The van der Waals surface area contributed by atoms with Crippen molar-refractivity contribution in [3.8, 4) is 0 Å². The molecule has 4 atom stereocenters. The molecule has 1 saturated heterocycles. The van der Waals surface area contributed by atoms with Gasteiger partial charge in [0.05, 0.1) is 13.2 Å². The van der Waals surface area contributed by atoms with Crippen molar-refractivity contribution in [1.82, 2.24) is 0 Å². The van der Waals surface area contributed by atoms with Crippen LogP contribution in [0.25, 0.3) is 0 Å². The SMILES string of the molecule is C=C[C@@]1(C)[C@H](C)CC[C@@]2(C)[C@@H]1CCCC21OCCO1. The van der Waals surface area contributed by atoms with Crippen LogP contribution in [0.1, 0.15) is 52.9 Å². The van der Waals surface area contributed by atoms with E-state index in [0.717, 1.165) is 19.6 Å². The highest BCUT2D eigenvalue weighted by molar-refractivity contribution is 5.13. The highest BCUT2D eigenvalue weighted by Gasteiger charge is 2.64. The van der Waals surface area contributed by atoms with Crippen molar-refractivity contribution in [3.63, 3.8) is 0 Å². The first-order chi connectivity index (χ1) is 8.98. The Morgan fingerprint density at radius 3 is 2.42 bits per heavy atom. The fourth-order valence-corrected chi connectivity index (χ4v) is 5.21. The van der Waals surface area contributed by atoms with E-state index in [1.807, 2.05) is 0 Å². The van der Waals surface area contributed by atoms with Gasteiger partial charge in [-0.2, -0.15) is 0 Å². The van der Waals surface area contributed by atoms with Crippen molar-refractivity contribution in [2.24, 2.45) is 22.7 Å². The molecule has 3 fully saturated rings. The van der Waals surface area contributed by atoms with E-state index in [1.54, 1.807) is 0 Å². The van der Waals surface area contributed by atoms with E-state index in [2.05, 4.69) is 33.4 Å². The van der Waals surface area contributed by atoms with Crippen molar-refractivity contribution in [2.75, 3.05) is 13.2 Å². The summed E-state index contributed by atoms with van der Waals surface area (Å²) in [5.74, 6) is 1.04. The molecule has 108 valence electrons. The summed E-state index contributed by atoms with van der Waals surface area (Å²) in [6, 6.07) is 0. The number of allylic oxidation sites excluding steroid dienone is 1. The van der Waals surface area contributed by atoms with Gasteiger partial charge in [0.1, 0.15) is 0 Å². The third-order valence-electron chi connectivity index (χ3n) is 6.74. The van der Waals surface area contributed by atoms with Crippen molar-refractivity contribution in [1.29, 1.82) is 0 Å². The molecular weight excluding hydrogens is 236 g/mol. The second-order valence-electron chi connectivity index (χ2n) is 7.32. The van der Waals surface area contributed by atoms with Gasteiger partial charge in [-0.25, -0.2) is 0 Å². The Morgan fingerprint density at radius 1 is 1.11 bits per heavy atom. The highest BCUT2D eigenvalue weighted by Crippen LogP contribution is 2.65. The topological polar surface area (TPSA) is 18.5 Å². The molecule has 2 heteroatoms. The highest BCUT2D eigenvalue weighted by atomic mass is 16.7. The van der Waals surface area contributed by atoms with Crippen LogP contribution < -0.4 is 0 Å². The molecule has 0 aromatic rings.